The first-order valence-corrected chi connectivity index (χ1v) is 10.0. The zero-order valence-corrected chi connectivity index (χ0v) is 17.4. The van der Waals surface area contributed by atoms with Crippen molar-refractivity contribution in [3.63, 3.8) is 0 Å². The average Bonchev–Trinajstić information content (AvgIpc) is 3.44. The van der Waals surface area contributed by atoms with E-state index in [0.717, 1.165) is 24.9 Å². The number of methoxy groups -OCH3 is 1. The predicted molar refractivity (Wildman–Crippen MR) is 112 cm³/mol. The van der Waals surface area contributed by atoms with Crippen molar-refractivity contribution in [1.29, 1.82) is 0 Å². The van der Waals surface area contributed by atoms with Crippen LogP contribution in [-0.4, -0.2) is 62.3 Å². The molecule has 0 spiro atoms. The second-order valence-corrected chi connectivity index (χ2v) is 7.35. The molecular formula is C21H22N6O5. The van der Waals surface area contributed by atoms with Gasteiger partial charge >= 0.3 is 5.97 Å². The minimum Gasteiger partial charge on any atom is -0.478 e. The lowest BCUT2D eigenvalue weighted by molar-refractivity contribution is -0.119. The molecule has 3 aromatic rings. The minimum atomic E-state index is -0.948. The van der Waals surface area contributed by atoms with Crippen LogP contribution in [0.1, 0.15) is 40.7 Å². The Morgan fingerprint density at radius 2 is 2.12 bits per heavy atom. The average molecular weight is 438 g/mol. The van der Waals surface area contributed by atoms with Gasteiger partial charge in [0.25, 0.3) is 5.91 Å². The molecule has 1 saturated heterocycles. The summed E-state index contributed by atoms with van der Waals surface area (Å²) in [5, 5.41) is 15.8. The normalized spacial score (nSPS) is 16.2. The number of benzene rings is 1. The third kappa shape index (κ3) is 4.79. The van der Waals surface area contributed by atoms with Crippen LogP contribution < -0.4 is 5.32 Å². The van der Waals surface area contributed by atoms with Gasteiger partial charge in [-0.2, -0.15) is 4.98 Å². The van der Waals surface area contributed by atoms with Gasteiger partial charge < -0.3 is 19.7 Å². The van der Waals surface area contributed by atoms with Crippen molar-refractivity contribution in [2.75, 3.05) is 25.6 Å². The van der Waals surface area contributed by atoms with Crippen molar-refractivity contribution in [1.82, 2.24) is 25.0 Å². The molecule has 32 heavy (non-hydrogen) atoms. The summed E-state index contributed by atoms with van der Waals surface area (Å²) in [6, 6.07) is 6.76. The number of amides is 1. The molecule has 11 heteroatoms. The third-order valence-corrected chi connectivity index (χ3v) is 5.16. The fraction of sp³-hybridized carbons (Fsp3) is 0.333. The van der Waals surface area contributed by atoms with Crippen LogP contribution in [0.15, 0.2) is 41.3 Å². The molecule has 0 unspecified atom stereocenters. The van der Waals surface area contributed by atoms with E-state index in [9.17, 15) is 9.59 Å². The van der Waals surface area contributed by atoms with Gasteiger partial charge in [-0.25, -0.2) is 14.8 Å². The zero-order chi connectivity index (χ0) is 22.5. The number of nitrogens with zero attached hydrogens (tertiary/aromatic N) is 5. The summed E-state index contributed by atoms with van der Waals surface area (Å²) in [5.74, 6) is -0.274. The van der Waals surface area contributed by atoms with E-state index < -0.39 is 5.97 Å². The van der Waals surface area contributed by atoms with E-state index in [4.69, 9.17) is 14.4 Å². The lowest BCUT2D eigenvalue weighted by Gasteiger charge is -2.21. The van der Waals surface area contributed by atoms with Gasteiger partial charge in [0.15, 0.2) is 0 Å². The molecule has 11 nitrogen and oxygen atoms in total. The van der Waals surface area contributed by atoms with Crippen LogP contribution >= 0.6 is 0 Å². The van der Waals surface area contributed by atoms with Gasteiger partial charge in [-0.15, -0.1) is 0 Å². The first-order valence-electron chi connectivity index (χ1n) is 10.0. The number of nitrogens with one attached hydrogen (secondary N) is 1. The van der Waals surface area contributed by atoms with Crippen molar-refractivity contribution < 1.29 is 24.0 Å². The molecule has 0 bridgehead atoms. The van der Waals surface area contributed by atoms with Crippen LogP contribution in [0.3, 0.4) is 0 Å². The zero-order valence-electron chi connectivity index (χ0n) is 17.4. The quantitative estimate of drug-likeness (QED) is 0.537. The molecule has 1 fully saturated rings. The number of hydrogen-bond acceptors (Lipinski definition) is 9. The predicted octanol–water partition coefficient (Wildman–Crippen LogP) is 2.15. The van der Waals surface area contributed by atoms with Crippen LogP contribution in [0.25, 0.3) is 11.4 Å². The Morgan fingerprint density at radius 1 is 1.31 bits per heavy atom. The Morgan fingerprint density at radius 3 is 2.88 bits per heavy atom. The number of hydrogen-bond donors (Lipinski definition) is 2. The summed E-state index contributed by atoms with van der Waals surface area (Å²) in [7, 11) is 1.43. The summed E-state index contributed by atoms with van der Waals surface area (Å²) in [5.41, 5.74) is 1.70. The second kappa shape index (κ2) is 9.62. The highest BCUT2D eigenvalue weighted by atomic mass is 16.5. The maximum atomic E-state index is 11.9. The lowest BCUT2D eigenvalue weighted by Crippen LogP contribution is -2.23. The summed E-state index contributed by atoms with van der Waals surface area (Å²) in [6.45, 7) is 1.39. The standard InChI is InChI=1S/C21H22N6O5/c1-31-11-17(28)24-18-15(9-22-12-23-18)19-25-20(32-26-19)16-3-2-8-27(16)10-13-4-6-14(7-5-13)21(29)30/h4-7,9,12,16H,2-3,8,10-11H2,1H3,(H,29,30)(H,22,23,24,28)/t16-/m0/s1. The van der Waals surface area contributed by atoms with Gasteiger partial charge in [0.2, 0.25) is 11.7 Å². The lowest BCUT2D eigenvalue weighted by atomic mass is 10.1. The maximum Gasteiger partial charge on any atom is 0.335 e. The van der Waals surface area contributed by atoms with E-state index in [-0.39, 0.29) is 35.8 Å². The number of ether oxygens (including phenoxy) is 1. The Kier molecular flexibility index (Phi) is 6.47. The van der Waals surface area contributed by atoms with E-state index in [1.807, 2.05) is 12.1 Å². The number of rotatable bonds is 8. The van der Waals surface area contributed by atoms with Crippen LogP contribution in [0.4, 0.5) is 5.82 Å². The largest absolute Gasteiger partial charge is 0.478 e. The first kappa shape index (κ1) is 21.5. The number of likely N-dealkylation sites (tertiary alicyclic amines) is 1. The summed E-state index contributed by atoms with van der Waals surface area (Å²) >= 11 is 0. The van der Waals surface area contributed by atoms with Gasteiger partial charge in [-0.1, -0.05) is 17.3 Å². The molecule has 1 amide bonds. The highest BCUT2D eigenvalue weighted by Gasteiger charge is 2.31. The monoisotopic (exact) mass is 438 g/mol. The first-order chi connectivity index (χ1) is 15.5. The summed E-state index contributed by atoms with van der Waals surface area (Å²) in [6.07, 6.45) is 4.67. The van der Waals surface area contributed by atoms with Crippen LogP contribution in [0, 0.1) is 0 Å². The number of carbonyl (C=O) groups is 2. The smallest absolute Gasteiger partial charge is 0.335 e. The van der Waals surface area contributed by atoms with Crippen LogP contribution in [-0.2, 0) is 16.1 Å². The highest BCUT2D eigenvalue weighted by molar-refractivity contribution is 5.93. The molecule has 0 radical (unpaired) electrons. The molecule has 1 aromatic carbocycles. The number of carboxylic acid groups (broad SMARTS) is 1. The van der Waals surface area contributed by atoms with E-state index in [2.05, 4.69) is 30.3 Å². The maximum absolute atomic E-state index is 11.9. The number of aromatic carboxylic acids is 1. The SMILES string of the molecule is COCC(=O)Nc1ncncc1-c1noc([C@@H]2CCCN2Cc2ccc(C(=O)O)cc2)n1. The molecule has 166 valence electrons. The number of carbonyl (C=O) groups excluding carboxylic acids is 1. The number of aromatic nitrogens is 4. The number of anilines is 1. The van der Waals surface area contributed by atoms with Gasteiger partial charge in [0.05, 0.1) is 17.2 Å². The summed E-state index contributed by atoms with van der Waals surface area (Å²) < 4.78 is 10.4. The molecule has 1 aliphatic heterocycles. The van der Waals surface area contributed by atoms with Gasteiger partial charge in [0, 0.05) is 19.9 Å². The number of carboxylic acids is 1. The Labute approximate surface area is 183 Å². The Bertz CT molecular complexity index is 1100. The van der Waals surface area contributed by atoms with Crippen molar-refractivity contribution in [3.8, 4) is 11.4 Å². The molecule has 0 saturated carbocycles. The van der Waals surface area contributed by atoms with Crippen LogP contribution in [0.5, 0.6) is 0 Å². The van der Waals surface area contributed by atoms with Gasteiger partial charge in [-0.3, -0.25) is 9.69 Å². The van der Waals surface area contributed by atoms with Crippen molar-refractivity contribution in [2.45, 2.75) is 25.4 Å². The van der Waals surface area contributed by atoms with Crippen molar-refractivity contribution >= 4 is 17.7 Å². The van der Waals surface area contributed by atoms with E-state index in [1.54, 1.807) is 12.1 Å². The molecule has 2 aromatic heterocycles. The Hall–Kier alpha value is -3.70. The molecule has 1 aliphatic rings. The molecule has 2 N–H and O–H groups in total. The minimum absolute atomic E-state index is 0.0634. The van der Waals surface area contributed by atoms with Gasteiger partial charge in [-0.05, 0) is 37.1 Å². The van der Waals surface area contributed by atoms with E-state index in [0.29, 0.717) is 18.0 Å². The highest BCUT2D eigenvalue weighted by Crippen LogP contribution is 2.34. The third-order valence-electron chi connectivity index (χ3n) is 5.16. The molecule has 1 atom stereocenters. The molecule has 0 aliphatic carbocycles. The topological polar surface area (TPSA) is 144 Å². The summed E-state index contributed by atoms with van der Waals surface area (Å²) in [4.78, 5) is 37.8. The fourth-order valence-electron chi connectivity index (χ4n) is 3.65. The van der Waals surface area contributed by atoms with E-state index >= 15 is 0 Å². The van der Waals surface area contributed by atoms with E-state index in [1.165, 1.54) is 19.6 Å². The Balaban J connectivity index is 1.50. The molecule has 4 rings (SSSR count). The van der Waals surface area contributed by atoms with Crippen molar-refractivity contribution in [3.05, 3.63) is 53.8 Å². The molecule has 3 heterocycles. The van der Waals surface area contributed by atoms with Crippen LogP contribution in [0.2, 0.25) is 0 Å². The second-order valence-electron chi connectivity index (χ2n) is 7.35. The van der Waals surface area contributed by atoms with Gasteiger partial charge in [0.1, 0.15) is 18.8 Å². The fourth-order valence-corrected chi connectivity index (χ4v) is 3.65. The molecular weight excluding hydrogens is 416 g/mol. The van der Waals surface area contributed by atoms with Crippen molar-refractivity contribution in [2.24, 2.45) is 0 Å².